The summed E-state index contributed by atoms with van der Waals surface area (Å²) < 4.78 is 0. The molecule has 0 aromatic carbocycles. The van der Waals surface area contributed by atoms with Gasteiger partial charge in [0.25, 0.3) is 0 Å². The van der Waals surface area contributed by atoms with E-state index in [9.17, 15) is 0 Å². The number of hydrogen-bond acceptors (Lipinski definition) is 2. The van der Waals surface area contributed by atoms with Crippen molar-refractivity contribution < 1.29 is 0 Å². The Kier molecular flexibility index (Phi) is 4.16. The molecule has 2 nitrogen and oxygen atoms in total. The molecule has 0 aliphatic carbocycles. The number of anilines is 1. The van der Waals surface area contributed by atoms with Crippen LogP contribution in [-0.2, 0) is 0 Å². The largest absolute Gasteiger partial charge is 0.373 e. The van der Waals surface area contributed by atoms with Crippen LogP contribution in [0.25, 0.3) is 0 Å². The first-order chi connectivity index (χ1) is 4.33. The van der Waals surface area contributed by atoms with Gasteiger partial charge in [-0.1, -0.05) is 11.6 Å². The maximum absolute atomic E-state index is 5.58. The van der Waals surface area contributed by atoms with Crippen LogP contribution >= 0.6 is 24.0 Å². The van der Waals surface area contributed by atoms with Crippen molar-refractivity contribution in [3.63, 3.8) is 0 Å². The van der Waals surface area contributed by atoms with E-state index in [0.29, 0.717) is 5.02 Å². The molecule has 0 aliphatic heterocycles. The van der Waals surface area contributed by atoms with E-state index in [2.05, 4.69) is 10.3 Å². The summed E-state index contributed by atoms with van der Waals surface area (Å²) in [7, 11) is 1.82. The van der Waals surface area contributed by atoms with Gasteiger partial charge in [-0.25, -0.2) is 4.98 Å². The molecule has 1 heterocycles. The minimum absolute atomic E-state index is 0. The topological polar surface area (TPSA) is 24.9 Å². The van der Waals surface area contributed by atoms with Gasteiger partial charge in [-0.2, -0.15) is 0 Å². The fourth-order valence-corrected chi connectivity index (χ4v) is 0.635. The van der Waals surface area contributed by atoms with Crippen molar-refractivity contribution in [2.75, 3.05) is 12.4 Å². The van der Waals surface area contributed by atoms with Gasteiger partial charge in [-0.05, 0) is 12.1 Å². The molecular weight excluding hydrogens is 171 g/mol. The SMILES string of the molecule is CNc1ccc(Cl)cn1.Cl. The molecule has 1 rings (SSSR count). The second kappa shape index (κ2) is 4.36. The standard InChI is InChI=1S/C6H7ClN2.ClH/c1-8-6-3-2-5(7)4-9-6;/h2-4H,1H3,(H,8,9);1H. The van der Waals surface area contributed by atoms with Crippen molar-refractivity contribution in [3.05, 3.63) is 23.4 Å². The zero-order chi connectivity index (χ0) is 6.69. The van der Waals surface area contributed by atoms with Gasteiger partial charge in [0.05, 0.1) is 5.02 Å². The first-order valence-electron chi connectivity index (χ1n) is 2.62. The third-order valence-electron chi connectivity index (χ3n) is 0.984. The fraction of sp³-hybridized carbons (Fsp3) is 0.167. The first-order valence-corrected chi connectivity index (χ1v) is 3.00. The molecule has 0 aliphatic rings. The zero-order valence-corrected chi connectivity index (χ0v) is 7.04. The molecule has 0 saturated carbocycles. The zero-order valence-electron chi connectivity index (χ0n) is 5.47. The molecule has 10 heavy (non-hydrogen) atoms. The van der Waals surface area contributed by atoms with E-state index in [1.165, 1.54) is 0 Å². The normalized spacial score (nSPS) is 8.20. The summed E-state index contributed by atoms with van der Waals surface area (Å²) in [4.78, 5) is 3.95. The molecule has 0 amide bonds. The molecule has 1 N–H and O–H groups in total. The predicted octanol–water partition coefficient (Wildman–Crippen LogP) is 2.20. The van der Waals surface area contributed by atoms with E-state index in [0.717, 1.165) is 5.82 Å². The van der Waals surface area contributed by atoms with Gasteiger partial charge in [0, 0.05) is 13.2 Å². The summed E-state index contributed by atoms with van der Waals surface area (Å²) in [5.41, 5.74) is 0. The van der Waals surface area contributed by atoms with Crippen LogP contribution in [0.15, 0.2) is 18.3 Å². The molecular formula is C6H8Cl2N2. The van der Waals surface area contributed by atoms with Crippen molar-refractivity contribution in [2.45, 2.75) is 0 Å². The average Bonchev–Trinajstić information content (AvgIpc) is 1.90. The highest BCUT2D eigenvalue weighted by Crippen LogP contribution is 2.07. The first kappa shape index (κ1) is 9.53. The smallest absolute Gasteiger partial charge is 0.125 e. The molecule has 0 radical (unpaired) electrons. The lowest BCUT2D eigenvalue weighted by Gasteiger charge is -1.95. The number of aromatic nitrogens is 1. The van der Waals surface area contributed by atoms with Crippen LogP contribution in [0.3, 0.4) is 0 Å². The van der Waals surface area contributed by atoms with Crippen LogP contribution in [0.2, 0.25) is 5.02 Å². The molecule has 0 saturated heterocycles. The number of nitrogens with zero attached hydrogens (tertiary/aromatic N) is 1. The lowest BCUT2D eigenvalue weighted by atomic mass is 10.5. The predicted molar refractivity (Wildman–Crippen MR) is 46.0 cm³/mol. The number of rotatable bonds is 1. The minimum atomic E-state index is 0. The molecule has 0 unspecified atom stereocenters. The van der Waals surface area contributed by atoms with Gasteiger partial charge in [0.15, 0.2) is 0 Å². The van der Waals surface area contributed by atoms with E-state index in [1.807, 2.05) is 13.1 Å². The van der Waals surface area contributed by atoms with E-state index < -0.39 is 0 Å². The summed E-state index contributed by atoms with van der Waals surface area (Å²) in [5.74, 6) is 0.833. The summed E-state index contributed by atoms with van der Waals surface area (Å²) in [6.45, 7) is 0. The summed E-state index contributed by atoms with van der Waals surface area (Å²) in [5, 5.41) is 3.55. The Balaban J connectivity index is 0.000000810. The molecule has 4 heteroatoms. The summed E-state index contributed by atoms with van der Waals surface area (Å²) in [6.07, 6.45) is 1.60. The van der Waals surface area contributed by atoms with Crippen molar-refractivity contribution >= 4 is 29.8 Å². The van der Waals surface area contributed by atoms with Crippen LogP contribution in [0.1, 0.15) is 0 Å². The number of nitrogens with one attached hydrogen (secondary N) is 1. The molecule has 1 aromatic rings. The summed E-state index contributed by atoms with van der Waals surface area (Å²) in [6, 6.07) is 3.61. The van der Waals surface area contributed by atoms with Crippen LogP contribution in [0.4, 0.5) is 5.82 Å². The van der Waals surface area contributed by atoms with Crippen molar-refractivity contribution in [2.24, 2.45) is 0 Å². The summed E-state index contributed by atoms with van der Waals surface area (Å²) >= 11 is 5.58. The van der Waals surface area contributed by atoms with Crippen LogP contribution in [-0.4, -0.2) is 12.0 Å². The van der Waals surface area contributed by atoms with E-state index in [4.69, 9.17) is 11.6 Å². The Morgan fingerprint density at radius 1 is 1.50 bits per heavy atom. The fourth-order valence-electron chi connectivity index (χ4n) is 0.524. The van der Waals surface area contributed by atoms with Gasteiger partial charge in [-0.15, -0.1) is 12.4 Å². The second-order valence-corrected chi connectivity index (χ2v) is 2.05. The Morgan fingerprint density at radius 3 is 2.60 bits per heavy atom. The third kappa shape index (κ3) is 2.42. The Hall–Kier alpha value is -0.470. The minimum Gasteiger partial charge on any atom is -0.373 e. The molecule has 0 spiro atoms. The molecule has 0 bridgehead atoms. The molecule has 56 valence electrons. The lowest BCUT2D eigenvalue weighted by molar-refractivity contribution is 1.29. The van der Waals surface area contributed by atoms with Gasteiger partial charge in [0.1, 0.15) is 5.82 Å². The lowest BCUT2D eigenvalue weighted by Crippen LogP contribution is -1.89. The second-order valence-electron chi connectivity index (χ2n) is 1.61. The quantitative estimate of drug-likeness (QED) is 0.714. The van der Waals surface area contributed by atoms with Crippen molar-refractivity contribution in [1.29, 1.82) is 0 Å². The maximum Gasteiger partial charge on any atom is 0.125 e. The number of halogens is 2. The van der Waals surface area contributed by atoms with Crippen LogP contribution < -0.4 is 5.32 Å². The number of hydrogen-bond donors (Lipinski definition) is 1. The Morgan fingerprint density at radius 2 is 2.20 bits per heavy atom. The van der Waals surface area contributed by atoms with Gasteiger partial charge >= 0.3 is 0 Å². The van der Waals surface area contributed by atoms with Gasteiger partial charge < -0.3 is 5.32 Å². The van der Waals surface area contributed by atoms with E-state index in [1.54, 1.807) is 12.3 Å². The highest BCUT2D eigenvalue weighted by Gasteiger charge is 1.86. The van der Waals surface area contributed by atoms with E-state index >= 15 is 0 Å². The van der Waals surface area contributed by atoms with Crippen LogP contribution in [0, 0.1) is 0 Å². The Labute approximate surface area is 71.0 Å². The van der Waals surface area contributed by atoms with E-state index in [-0.39, 0.29) is 12.4 Å². The van der Waals surface area contributed by atoms with Crippen molar-refractivity contribution in [1.82, 2.24) is 4.98 Å². The van der Waals surface area contributed by atoms with Crippen LogP contribution in [0.5, 0.6) is 0 Å². The maximum atomic E-state index is 5.58. The van der Waals surface area contributed by atoms with Gasteiger partial charge in [0.2, 0.25) is 0 Å². The highest BCUT2D eigenvalue weighted by molar-refractivity contribution is 6.30. The molecule has 0 atom stereocenters. The third-order valence-corrected chi connectivity index (χ3v) is 1.21. The van der Waals surface area contributed by atoms with Gasteiger partial charge in [-0.3, -0.25) is 0 Å². The monoisotopic (exact) mass is 178 g/mol. The highest BCUT2D eigenvalue weighted by atomic mass is 35.5. The molecule has 0 fully saturated rings. The molecule has 1 aromatic heterocycles. The average molecular weight is 179 g/mol. The Bertz CT molecular complexity index is 185. The number of pyridine rings is 1. The van der Waals surface area contributed by atoms with Crippen molar-refractivity contribution in [3.8, 4) is 0 Å².